The Morgan fingerprint density at radius 2 is 2.08 bits per heavy atom. The van der Waals surface area contributed by atoms with E-state index in [-0.39, 0.29) is 23.7 Å². The second-order valence-electron chi connectivity index (χ2n) is 4.44. The molecule has 3 heteroatoms. The zero-order valence-corrected chi connectivity index (χ0v) is 7.78. The first-order valence-electron chi connectivity index (χ1n) is 4.51. The predicted octanol–water partition coefficient (Wildman–Crippen LogP) is 0.907. The first kappa shape index (κ1) is 8.48. The molecule has 0 aromatic rings. The molecule has 0 amide bonds. The molecule has 0 aromatic heterocycles. The van der Waals surface area contributed by atoms with Crippen molar-refractivity contribution >= 4 is 0 Å². The number of rotatable bonds is 0. The Kier molecular flexibility index (Phi) is 1.72. The monoisotopic (exact) mass is 172 g/mol. The van der Waals surface area contributed by atoms with Crippen molar-refractivity contribution in [3.8, 4) is 0 Å². The van der Waals surface area contributed by atoms with Crippen molar-refractivity contribution in [2.45, 2.75) is 51.3 Å². The van der Waals surface area contributed by atoms with Gasteiger partial charge in [-0.25, -0.2) is 0 Å². The lowest BCUT2D eigenvalue weighted by molar-refractivity contribution is -0.125. The fourth-order valence-corrected chi connectivity index (χ4v) is 2.29. The van der Waals surface area contributed by atoms with E-state index in [1.807, 2.05) is 6.92 Å². The highest BCUT2D eigenvalue weighted by Crippen LogP contribution is 2.43. The molecule has 2 rings (SSSR count). The van der Waals surface area contributed by atoms with Crippen molar-refractivity contribution in [2.75, 3.05) is 0 Å². The number of aliphatic hydroxyl groups excluding tert-OH is 1. The third kappa shape index (κ3) is 1.16. The largest absolute Gasteiger partial charge is 0.369 e. The van der Waals surface area contributed by atoms with E-state index in [2.05, 4.69) is 13.8 Å². The summed E-state index contributed by atoms with van der Waals surface area (Å²) in [5.74, 6) is 0.176. The van der Waals surface area contributed by atoms with Crippen LogP contribution in [-0.4, -0.2) is 29.2 Å². The lowest BCUT2D eigenvalue weighted by Crippen LogP contribution is -2.26. The second-order valence-corrected chi connectivity index (χ2v) is 4.44. The molecule has 3 nitrogen and oxygen atoms in total. The summed E-state index contributed by atoms with van der Waals surface area (Å²) in [4.78, 5) is 0. The Labute approximate surface area is 72.7 Å². The maximum Gasteiger partial charge on any atom is 0.160 e. The predicted molar refractivity (Wildman–Crippen MR) is 43.6 cm³/mol. The van der Waals surface area contributed by atoms with E-state index >= 15 is 0 Å². The minimum absolute atomic E-state index is 0.0341. The summed E-state index contributed by atoms with van der Waals surface area (Å²) in [6.07, 6.45) is 0.400. The summed E-state index contributed by atoms with van der Waals surface area (Å²) in [5.41, 5.74) is -0.0889. The zero-order chi connectivity index (χ0) is 8.93. The first-order valence-corrected chi connectivity index (χ1v) is 4.51. The third-order valence-electron chi connectivity index (χ3n) is 2.79. The van der Waals surface area contributed by atoms with Gasteiger partial charge in [0.15, 0.2) is 6.29 Å². The normalized spacial score (nSPS) is 51.0. The van der Waals surface area contributed by atoms with Crippen LogP contribution < -0.4 is 0 Å². The molecule has 0 radical (unpaired) electrons. The van der Waals surface area contributed by atoms with E-state index in [0.717, 1.165) is 6.42 Å². The number of hydrogen-bond acceptors (Lipinski definition) is 3. The van der Waals surface area contributed by atoms with Gasteiger partial charge in [-0.05, 0) is 27.2 Å². The number of aliphatic hydroxyl groups is 1. The molecule has 0 spiro atoms. The Balaban J connectivity index is 2.15. The van der Waals surface area contributed by atoms with Crippen molar-refractivity contribution < 1.29 is 14.6 Å². The molecule has 2 heterocycles. The molecule has 0 aliphatic carbocycles. The molecule has 2 saturated heterocycles. The van der Waals surface area contributed by atoms with Crippen molar-refractivity contribution in [1.82, 2.24) is 0 Å². The molecular formula is C9H16O3. The summed E-state index contributed by atoms with van der Waals surface area (Å²) in [6, 6.07) is 0. The molecule has 2 fully saturated rings. The highest BCUT2D eigenvalue weighted by Gasteiger charge is 2.51. The van der Waals surface area contributed by atoms with Crippen LogP contribution in [0.25, 0.3) is 0 Å². The molecule has 0 aromatic carbocycles. The van der Waals surface area contributed by atoms with Gasteiger partial charge in [-0.3, -0.25) is 0 Å². The van der Waals surface area contributed by atoms with Crippen molar-refractivity contribution in [3.63, 3.8) is 0 Å². The van der Waals surface area contributed by atoms with E-state index < -0.39 is 6.29 Å². The zero-order valence-electron chi connectivity index (χ0n) is 7.78. The van der Waals surface area contributed by atoms with Gasteiger partial charge in [0.1, 0.15) is 0 Å². The van der Waals surface area contributed by atoms with Gasteiger partial charge in [-0.2, -0.15) is 0 Å². The molecule has 0 bridgehead atoms. The van der Waals surface area contributed by atoms with E-state index in [1.165, 1.54) is 0 Å². The van der Waals surface area contributed by atoms with E-state index in [1.54, 1.807) is 0 Å². The fourth-order valence-electron chi connectivity index (χ4n) is 2.29. The van der Waals surface area contributed by atoms with Crippen LogP contribution in [0, 0.1) is 5.92 Å². The highest BCUT2D eigenvalue weighted by atomic mass is 16.6. The topological polar surface area (TPSA) is 38.7 Å². The van der Waals surface area contributed by atoms with Crippen LogP contribution in [0.2, 0.25) is 0 Å². The number of ether oxygens (including phenoxy) is 2. The van der Waals surface area contributed by atoms with Gasteiger partial charge in [0.25, 0.3) is 0 Å². The molecule has 0 saturated carbocycles. The lowest BCUT2D eigenvalue weighted by Gasteiger charge is -2.21. The Bertz CT molecular complexity index is 172. The van der Waals surface area contributed by atoms with E-state index in [9.17, 15) is 5.11 Å². The Morgan fingerprint density at radius 3 is 2.67 bits per heavy atom. The highest BCUT2D eigenvalue weighted by molar-refractivity contribution is 4.96. The van der Waals surface area contributed by atoms with Gasteiger partial charge in [0.05, 0.1) is 17.8 Å². The molecule has 2 unspecified atom stereocenters. The summed E-state index contributed by atoms with van der Waals surface area (Å²) >= 11 is 0. The molecule has 2 aliphatic rings. The van der Waals surface area contributed by atoms with Crippen LogP contribution in [-0.2, 0) is 9.47 Å². The lowest BCUT2D eigenvalue weighted by atomic mass is 9.94. The standard InChI is InChI=1S/C9H16O3/c1-5-7-6(8(10)11-5)4-9(2,3)12-7/h5-8,10H,4H2,1-3H3/t5-,6?,7?,8-/m1/s1. The van der Waals surface area contributed by atoms with Crippen LogP contribution in [0.4, 0.5) is 0 Å². The summed E-state index contributed by atoms with van der Waals surface area (Å²) in [6.45, 7) is 6.07. The second kappa shape index (κ2) is 2.44. The number of fused-ring (bicyclic) bond motifs is 1. The maximum absolute atomic E-state index is 9.50. The molecule has 1 N–H and O–H groups in total. The quantitative estimate of drug-likeness (QED) is 0.590. The van der Waals surface area contributed by atoms with Crippen LogP contribution in [0.5, 0.6) is 0 Å². The fraction of sp³-hybridized carbons (Fsp3) is 1.00. The number of hydrogen-bond donors (Lipinski definition) is 1. The Morgan fingerprint density at radius 1 is 1.42 bits per heavy atom. The molecular weight excluding hydrogens is 156 g/mol. The van der Waals surface area contributed by atoms with E-state index in [4.69, 9.17) is 9.47 Å². The summed E-state index contributed by atoms with van der Waals surface area (Å²) in [7, 11) is 0. The first-order chi connectivity index (χ1) is 5.49. The van der Waals surface area contributed by atoms with Gasteiger partial charge >= 0.3 is 0 Å². The summed E-state index contributed by atoms with van der Waals surface area (Å²) in [5, 5.41) is 9.50. The van der Waals surface area contributed by atoms with Gasteiger partial charge in [0.2, 0.25) is 0 Å². The van der Waals surface area contributed by atoms with E-state index in [0.29, 0.717) is 0 Å². The Hall–Kier alpha value is -0.120. The van der Waals surface area contributed by atoms with Crippen molar-refractivity contribution in [2.24, 2.45) is 5.92 Å². The molecule has 12 heavy (non-hydrogen) atoms. The van der Waals surface area contributed by atoms with Crippen LogP contribution >= 0.6 is 0 Å². The van der Waals surface area contributed by atoms with Crippen LogP contribution in [0.3, 0.4) is 0 Å². The van der Waals surface area contributed by atoms with Gasteiger partial charge in [-0.15, -0.1) is 0 Å². The van der Waals surface area contributed by atoms with Gasteiger partial charge in [-0.1, -0.05) is 0 Å². The summed E-state index contributed by atoms with van der Waals surface area (Å²) < 4.78 is 11.0. The van der Waals surface area contributed by atoms with Crippen LogP contribution in [0.15, 0.2) is 0 Å². The maximum atomic E-state index is 9.50. The third-order valence-corrected chi connectivity index (χ3v) is 2.79. The molecule has 2 aliphatic heterocycles. The van der Waals surface area contributed by atoms with Crippen LogP contribution in [0.1, 0.15) is 27.2 Å². The average molecular weight is 172 g/mol. The van der Waals surface area contributed by atoms with Crippen molar-refractivity contribution in [3.05, 3.63) is 0 Å². The van der Waals surface area contributed by atoms with Gasteiger partial charge < -0.3 is 14.6 Å². The minimum Gasteiger partial charge on any atom is -0.369 e. The molecule has 4 atom stereocenters. The van der Waals surface area contributed by atoms with Crippen molar-refractivity contribution in [1.29, 1.82) is 0 Å². The molecule has 70 valence electrons. The smallest absolute Gasteiger partial charge is 0.160 e. The SMILES string of the molecule is C[C@H]1O[C@@H](O)C2CC(C)(C)OC21. The van der Waals surface area contributed by atoms with Gasteiger partial charge in [0, 0.05) is 5.92 Å². The minimum atomic E-state index is -0.619. The average Bonchev–Trinajstić information content (AvgIpc) is 2.34.